The minimum absolute atomic E-state index is 0.0242. The third kappa shape index (κ3) is 3.03. The fourth-order valence-electron chi connectivity index (χ4n) is 2.44. The zero-order chi connectivity index (χ0) is 14.5. The number of pyridine rings is 1. The topological polar surface area (TPSA) is 42.4 Å². The molecule has 0 atom stereocenters. The second kappa shape index (κ2) is 6.37. The molecule has 0 amide bonds. The molecule has 0 aliphatic rings. The monoisotopic (exact) mass is 279 g/mol. The maximum absolute atomic E-state index is 9.64. The van der Waals surface area contributed by atoms with Gasteiger partial charge in [-0.05, 0) is 28.5 Å². The molecule has 106 valence electrons. The molecule has 3 heteroatoms. The smallest absolute Gasteiger partial charge is 0.125 e. The zero-order valence-corrected chi connectivity index (χ0v) is 11.7. The molecule has 0 unspecified atom stereocenters. The molecular weight excluding hydrogens is 262 g/mol. The summed E-state index contributed by atoms with van der Waals surface area (Å²) in [6.07, 6.45) is 4.40. The van der Waals surface area contributed by atoms with Crippen molar-refractivity contribution in [2.45, 2.75) is 13.0 Å². The van der Waals surface area contributed by atoms with Crippen molar-refractivity contribution in [3.8, 4) is 5.75 Å². The fraction of sp³-hybridized carbons (Fsp3) is 0.167. The third-order valence-electron chi connectivity index (χ3n) is 3.53. The number of rotatable bonds is 5. The van der Waals surface area contributed by atoms with Crippen molar-refractivity contribution in [1.29, 1.82) is 0 Å². The van der Waals surface area contributed by atoms with E-state index in [9.17, 15) is 5.11 Å². The Hall–Kier alpha value is -2.39. The van der Waals surface area contributed by atoms with Crippen LogP contribution in [-0.4, -0.2) is 16.7 Å². The SMILES string of the molecule is OCc1c(OCCc2cccnc2)ccc2ccccc12. The highest BCUT2D eigenvalue weighted by molar-refractivity contribution is 5.87. The first-order valence-electron chi connectivity index (χ1n) is 7.01. The first-order valence-corrected chi connectivity index (χ1v) is 7.01. The van der Waals surface area contributed by atoms with Crippen molar-refractivity contribution in [1.82, 2.24) is 4.98 Å². The second-order valence-electron chi connectivity index (χ2n) is 4.88. The highest BCUT2D eigenvalue weighted by Crippen LogP contribution is 2.28. The van der Waals surface area contributed by atoms with Crippen molar-refractivity contribution in [3.63, 3.8) is 0 Å². The summed E-state index contributed by atoms with van der Waals surface area (Å²) in [5.41, 5.74) is 1.99. The summed E-state index contributed by atoms with van der Waals surface area (Å²) in [6, 6.07) is 15.9. The highest BCUT2D eigenvalue weighted by Gasteiger charge is 2.07. The maximum Gasteiger partial charge on any atom is 0.125 e. The summed E-state index contributed by atoms with van der Waals surface area (Å²) in [5, 5.41) is 11.8. The van der Waals surface area contributed by atoms with Crippen LogP contribution in [0.2, 0.25) is 0 Å². The summed E-state index contributed by atoms with van der Waals surface area (Å²) in [6.45, 7) is 0.542. The number of benzene rings is 2. The van der Waals surface area contributed by atoms with E-state index in [0.29, 0.717) is 6.61 Å². The Labute approximate surface area is 123 Å². The number of aromatic nitrogens is 1. The van der Waals surface area contributed by atoms with Crippen LogP contribution in [-0.2, 0) is 13.0 Å². The average Bonchev–Trinajstić information content (AvgIpc) is 2.55. The molecule has 1 N–H and O–H groups in total. The number of fused-ring (bicyclic) bond motifs is 1. The van der Waals surface area contributed by atoms with Crippen LogP contribution in [0.25, 0.3) is 10.8 Å². The van der Waals surface area contributed by atoms with E-state index in [1.807, 2.05) is 54.7 Å². The molecule has 2 aromatic carbocycles. The van der Waals surface area contributed by atoms with Crippen molar-refractivity contribution < 1.29 is 9.84 Å². The van der Waals surface area contributed by atoms with Gasteiger partial charge in [0.05, 0.1) is 13.2 Å². The molecule has 1 heterocycles. The number of nitrogens with zero attached hydrogens (tertiary/aromatic N) is 1. The lowest BCUT2D eigenvalue weighted by atomic mass is 10.0. The molecule has 0 spiro atoms. The Morgan fingerprint density at radius 3 is 2.71 bits per heavy atom. The molecule has 1 aromatic heterocycles. The third-order valence-corrected chi connectivity index (χ3v) is 3.53. The Bertz CT molecular complexity index is 726. The van der Waals surface area contributed by atoms with Crippen LogP contribution < -0.4 is 4.74 Å². The van der Waals surface area contributed by atoms with E-state index in [2.05, 4.69) is 4.98 Å². The molecule has 0 saturated heterocycles. The van der Waals surface area contributed by atoms with Crippen LogP contribution in [0.1, 0.15) is 11.1 Å². The zero-order valence-electron chi connectivity index (χ0n) is 11.7. The Morgan fingerprint density at radius 1 is 1.00 bits per heavy atom. The molecule has 0 saturated carbocycles. The van der Waals surface area contributed by atoms with Crippen LogP contribution in [0.15, 0.2) is 60.9 Å². The average molecular weight is 279 g/mol. The van der Waals surface area contributed by atoms with Gasteiger partial charge in [0.2, 0.25) is 0 Å². The summed E-state index contributed by atoms with van der Waals surface area (Å²) in [4.78, 5) is 4.09. The van der Waals surface area contributed by atoms with Crippen molar-refractivity contribution in [2.75, 3.05) is 6.61 Å². The number of ether oxygens (including phenoxy) is 1. The fourth-order valence-corrected chi connectivity index (χ4v) is 2.44. The van der Waals surface area contributed by atoms with E-state index in [4.69, 9.17) is 4.74 Å². The minimum atomic E-state index is -0.0242. The molecule has 0 bridgehead atoms. The first-order chi connectivity index (χ1) is 10.4. The van der Waals surface area contributed by atoms with Gasteiger partial charge >= 0.3 is 0 Å². The van der Waals surface area contributed by atoms with Gasteiger partial charge in [0.15, 0.2) is 0 Å². The normalized spacial score (nSPS) is 10.7. The molecule has 3 nitrogen and oxygen atoms in total. The summed E-state index contributed by atoms with van der Waals surface area (Å²) in [7, 11) is 0. The molecule has 0 fully saturated rings. The predicted molar refractivity (Wildman–Crippen MR) is 83.3 cm³/mol. The lowest BCUT2D eigenvalue weighted by Gasteiger charge is -2.12. The Balaban J connectivity index is 1.77. The lowest BCUT2D eigenvalue weighted by Crippen LogP contribution is -2.04. The predicted octanol–water partition coefficient (Wildman–Crippen LogP) is 3.35. The van der Waals surface area contributed by atoms with E-state index in [0.717, 1.165) is 34.1 Å². The van der Waals surface area contributed by atoms with Gasteiger partial charge in [-0.1, -0.05) is 36.4 Å². The van der Waals surface area contributed by atoms with Crippen molar-refractivity contribution in [3.05, 3.63) is 72.1 Å². The summed E-state index contributed by atoms with van der Waals surface area (Å²) in [5.74, 6) is 0.750. The van der Waals surface area contributed by atoms with E-state index >= 15 is 0 Å². The number of aliphatic hydroxyl groups excluding tert-OH is 1. The van der Waals surface area contributed by atoms with Crippen LogP contribution >= 0.6 is 0 Å². The number of hydrogen-bond acceptors (Lipinski definition) is 3. The molecule has 0 aliphatic carbocycles. The van der Waals surface area contributed by atoms with Crippen molar-refractivity contribution >= 4 is 10.8 Å². The van der Waals surface area contributed by atoms with Crippen molar-refractivity contribution in [2.24, 2.45) is 0 Å². The van der Waals surface area contributed by atoms with Crippen LogP contribution in [0.4, 0.5) is 0 Å². The van der Waals surface area contributed by atoms with E-state index in [-0.39, 0.29) is 6.61 Å². The quantitative estimate of drug-likeness (QED) is 0.779. The van der Waals surface area contributed by atoms with Gasteiger partial charge in [-0.2, -0.15) is 0 Å². The first kappa shape index (κ1) is 13.6. The molecule has 3 aromatic rings. The molecule has 3 rings (SSSR count). The van der Waals surface area contributed by atoms with Gasteiger partial charge in [0.25, 0.3) is 0 Å². The Morgan fingerprint density at radius 2 is 1.90 bits per heavy atom. The van der Waals surface area contributed by atoms with E-state index in [1.54, 1.807) is 6.20 Å². The summed E-state index contributed by atoms with van der Waals surface area (Å²) >= 11 is 0. The van der Waals surface area contributed by atoms with E-state index in [1.165, 1.54) is 0 Å². The lowest BCUT2D eigenvalue weighted by molar-refractivity contribution is 0.265. The van der Waals surface area contributed by atoms with Gasteiger partial charge in [-0.15, -0.1) is 0 Å². The van der Waals surface area contributed by atoms with Gasteiger partial charge in [0.1, 0.15) is 5.75 Å². The van der Waals surface area contributed by atoms with Gasteiger partial charge < -0.3 is 9.84 Å². The van der Waals surface area contributed by atoms with E-state index < -0.39 is 0 Å². The number of aliphatic hydroxyl groups is 1. The maximum atomic E-state index is 9.64. The highest BCUT2D eigenvalue weighted by atomic mass is 16.5. The summed E-state index contributed by atoms with van der Waals surface area (Å²) < 4.78 is 5.85. The van der Waals surface area contributed by atoms with Gasteiger partial charge in [-0.25, -0.2) is 0 Å². The van der Waals surface area contributed by atoms with Gasteiger partial charge in [0, 0.05) is 24.4 Å². The molecule has 0 aliphatic heterocycles. The molecular formula is C18H17NO2. The largest absolute Gasteiger partial charge is 0.493 e. The number of hydrogen-bond donors (Lipinski definition) is 1. The van der Waals surface area contributed by atoms with Crippen LogP contribution in [0.3, 0.4) is 0 Å². The Kier molecular flexibility index (Phi) is 4.12. The molecule has 21 heavy (non-hydrogen) atoms. The standard InChI is InChI=1S/C18H17NO2/c20-13-17-16-6-2-1-5-15(16)7-8-18(17)21-11-9-14-4-3-10-19-12-14/h1-8,10,12,20H,9,11,13H2. The van der Waals surface area contributed by atoms with Gasteiger partial charge in [-0.3, -0.25) is 4.98 Å². The van der Waals surface area contributed by atoms with Crippen LogP contribution in [0, 0.1) is 0 Å². The van der Waals surface area contributed by atoms with Crippen LogP contribution in [0.5, 0.6) is 5.75 Å². The minimum Gasteiger partial charge on any atom is -0.493 e. The second-order valence-corrected chi connectivity index (χ2v) is 4.88. The molecule has 0 radical (unpaired) electrons.